The first-order chi connectivity index (χ1) is 17.5. The highest BCUT2D eigenvalue weighted by atomic mass is 19.3. The summed E-state index contributed by atoms with van der Waals surface area (Å²) in [5, 5.41) is 0.928. The third-order valence-electron chi connectivity index (χ3n) is 6.40. The summed E-state index contributed by atoms with van der Waals surface area (Å²) < 4.78 is 29.9. The van der Waals surface area contributed by atoms with Crippen LogP contribution in [0.5, 0.6) is 5.75 Å². The summed E-state index contributed by atoms with van der Waals surface area (Å²) in [6, 6.07) is 23.2. The fourth-order valence-corrected chi connectivity index (χ4v) is 4.69. The molecular formula is C28H25F2N3O3. The molecule has 4 aromatic rings. The Bertz CT molecular complexity index is 1370. The van der Waals surface area contributed by atoms with Crippen molar-refractivity contribution in [3.63, 3.8) is 0 Å². The molecule has 1 aliphatic rings. The van der Waals surface area contributed by atoms with Gasteiger partial charge in [-0.3, -0.25) is 9.59 Å². The lowest BCUT2D eigenvalue weighted by atomic mass is 10.00. The summed E-state index contributed by atoms with van der Waals surface area (Å²) in [6.07, 6.45) is 2.37. The number of aromatic nitrogens is 1. The SMILES string of the molecule is O=C(c1ccc2[nH]ccc2c1)N1CC(=O)N(Cc2cccc(OC(F)F)c2)[C@@H](Cc2ccccc2)C1. The number of benzene rings is 3. The van der Waals surface area contributed by atoms with E-state index in [0.29, 0.717) is 24.1 Å². The van der Waals surface area contributed by atoms with Gasteiger partial charge < -0.3 is 19.5 Å². The number of alkyl halides is 2. The average Bonchev–Trinajstić information content (AvgIpc) is 3.34. The Morgan fingerprint density at radius 3 is 2.61 bits per heavy atom. The highest BCUT2D eigenvalue weighted by molar-refractivity contribution is 6.00. The molecule has 1 atom stereocenters. The van der Waals surface area contributed by atoms with Gasteiger partial charge in [0.15, 0.2) is 0 Å². The van der Waals surface area contributed by atoms with Gasteiger partial charge in [-0.15, -0.1) is 0 Å². The fourth-order valence-electron chi connectivity index (χ4n) is 4.69. The summed E-state index contributed by atoms with van der Waals surface area (Å²) in [5.41, 5.74) is 3.18. The molecule has 8 heteroatoms. The maximum absolute atomic E-state index is 13.4. The first-order valence-corrected chi connectivity index (χ1v) is 11.7. The molecule has 3 aromatic carbocycles. The van der Waals surface area contributed by atoms with E-state index >= 15 is 0 Å². The van der Waals surface area contributed by atoms with E-state index in [4.69, 9.17) is 0 Å². The van der Waals surface area contributed by atoms with Crippen molar-refractivity contribution in [3.8, 4) is 5.75 Å². The van der Waals surface area contributed by atoms with Crippen molar-refractivity contribution in [2.75, 3.05) is 13.1 Å². The summed E-state index contributed by atoms with van der Waals surface area (Å²) in [6.45, 7) is -2.39. The molecule has 1 N–H and O–H groups in total. The van der Waals surface area contributed by atoms with Gasteiger partial charge in [-0.1, -0.05) is 42.5 Å². The van der Waals surface area contributed by atoms with Crippen molar-refractivity contribution in [2.24, 2.45) is 0 Å². The Labute approximate surface area is 207 Å². The van der Waals surface area contributed by atoms with Crippen LogP contribution in [0.3, 0.4) is 0 Å². The number of nitrogens with one attached hydrogen (secondary N) is 1. The van der Waals surface area contributed by atoms with Crippen molar-refractivity contribution < 1.29 is 23.1 Å². The fraction of sp³-hybridized carbons (Fsp3) is 0.214. The zero-order valence-electron chi connectivity index (χ0n) is 19.4. The number of amides is 2. The molecule has 1 aromatic heterocycles. The number of halogens is 2. The largest absolute Gasteiger partial charge is 0.435 e. The summed E-state index contributed by atoms with van der Waals surface area (Å²) >= 11 is 0. The summed E-state index contributed by atoms with van der Waals surface area (Å²) in [4.78, 5) is 33.2. The first-order valence-electron chi connectivity index (χ1n) is 11.7. The molecule has 2 heterocycles. The van der Waals surface area contributed by atoms with E-state index in [1.165, 1.54) is 12.1 Å². The molecule has 2 amide bonds. The molecule has 0 bridgehead atoms. The van der Waals surface area contributed by atoms with E-state index in [1.54, 1.807) is 28.0 Å². The molecule has 1 saturated heterocycles. The molecule has 0 radical (unpaired) electrons. The van der Waals surface area contributed by atoms with Crippen LogP contribution in [0.15, 0.2) is 85.1 Å². The molecule has 0 spiro atoms. The minimum absolute atomic E-state index is 0.0449. The quantitative estimate of drug-likeness (QED) is 0.403. The predicted molar refractivity (Wildman–Crippen MR) is 132 cm³/mol. The zero-order chi connectivity index (χ0) is 25.1. The van der Waals surface area contributed by atoms with Crippen LogP contribution in [0, 0.1) is 0 Å². The van der Waals surface area contributed by atoms with Crippen LogP contribution in [-0.4, -0.2) is 52.3 Å². The van der Waals surface area contributed by atoms with Crippen molar-refractivity contribution >= 4 is 22.7 Å². The second kappa shape index (κ2) is 10.2. The van der Waals surface area contributed by atoms with Gasteiger partial charge in [0.1, 0.15) is 12.3 Å². The molecule has 1 aliphatic heterocycles. The normalized spacial score (nSPS) is 16.1. The number of fused-ring (bicyclic) bond motifs is 1. The molecule has 0 saturated carbocycles. The van der Waals surface area contributed by atoms with E-state index in [2.05, 4.69) is 9.72 Å². The second-order valence-corrected chi connectivity index (χ2v) is 8.86. The number of hydrogen-bond donors (Lipinski definition) is 1. The van der Waals surface area contributed by atoms with Crippen LogP contribution >= 0.6 is 0 Å². The van der Waals surface area contributed by atoms with Gasteiger partial charge in [0, 0.05) is 35.8 Å². The van der Waals surface area contributed by atoms with E-state index < -0.39 is 6.61 Å². The average molecular weight is 490 g/mol. The Balaban J connectivity index is 1.39. The molecular weight excluding hydrogens is 464 g/mol. The number of nitrogens with zero attached hydrogens (tertiary/aromatic N) is 2. The Hall–Kier alpha value is -4.20. The lowest BCUT2D eigenvalue weighted by Gasteiger charge is -2.41. The first kappa shape index (κ1) is 23.5. The number of ether oxygens (including phenoxy) is 1. The van der Waals surface area contributed by atoms with Crippen LogP contribution in [0.25, 0.3) is 10.9 Å². The number of H-pyrrole nitrogens is 1. The number of aromatic amines is 1. The van der Waals surface area contributed by atoms with Crippen molar-refractivity contribution in [3.05, 3.63) is 102 Å². The highest BCUT2D eigenvalue weighted by Crippen LogP contribution is 2.24. The maximum atomic E-state index is 13.4. The standard InChI is InChI=1S/C28H25F2N3O3/c29-28(30)36-24-8-4-7-20(14-24)16-33-23(13-19-5-2-1-3-6-19)17-32(18-26(33)34)27(35)22-9-10-25-21(15-22)11-12-31-25/h1-12,14-15,23,28,31H,13,16-18H2/t23-/m0/s1. The Kier molecular flexibility index (Phi) is 6.66. The van der Waals surface area contributed by atoms with Gasteiger partial charge in [-0.05, 0) is 53.9 Å². The Morgan fingerprint density at radius 1 is 1.00 bits per heavy atom. The number of hydrogen-bond acceptors (Lipinski definition) is 3. The molecule has 0 unspecified atom stereocenters. The topological polar surface area (TPSA) is 65.6 Å². The van der Waals surface area contributed by atoms with Crippen LogP contribution in [0.2, 0.25) is 0 Å². The smallest absolute Gasteiger partial charge is 0.387 e. The Morgan fingerprint density at radius 2 is 1.81 bits per heavy atom. The maximum Gasteiger partial charge on any atom is 0.387 e. The monoisotopic (exact) mass is 489 g/mol. The van der Waals surface area contributed by atoms with Gasteiger partial charge in [-0.25, -0.2) is 0 Å². The van der Waals surface area contributed by atoms with Gasteiger partial charge >= 0.3 is 6.61 Å². The van der Waals surface area contributed by atoms with Gasteiger partial charge in [0.2, 0.25) is 5.91 Å². The molecule has 1 fully saturated rings. The second-order valence-electron chi connectivity index (χ2n) is 8.86. The number of carbonyl (C=O) groups excluding carboxylic acids is 2. The van der Waals surface area contributed by atoms with E-state index in [9.17, 15) is 18.4 Å². The van der Waals surface area contributed by atoms with Gasteiger partial charge in [-0.2, -0.15) is 8.78 Å². The lowest BCUT2D eigenvalue weighted by molar-refractivity contribution is -0.139. The molecule has 6 nitrogen and oxygen atoms in total. The van der Waals surface area contributed by atoms with E-state index in [-0.39, 0.29) is 36.7 Å². The number of rotatable bonds is 7. The summed E-state index contributed by atoms with van der Waals surface area (Å²) in [7, 11) is 0. The zero-order valence-corrected chi connectivity index (χ0v) is 19.4. The molecule has 36 heavy (non-hydrogen) atoms. The van der Waals surface area contributed by atoms with Gasteiger partial charge in [0.05, 0.1) is 6.04 Å². The van der Waals surface area contributed by atoms with E-state index in [0.717, 1.165) is 16.5 Å². The van der Waals surface area contributed by atoms with Crippen LogP contribution in [0.4, 0.5) is 8.78 Å². The van der Waals surface area contributed by atoms with Crippen LogP contribution in [0.1, 0.15) is 21.5 Å². The minimum atomic E-state index is -2.92. The van der Waals surface area contributed by atoms with Crippen molar-refractivity contribution in [2.45, 2.75) is 25.6 Å². The van der Waals surface area contributed by atoms with Crippen LogP contribution < -0.4 is 4.74 Å². The number of carbonyl (C=O) groups is 2. The lowest BCUT2D eigenvalue weighted by Crippen LogP contribution is -2.58. The van der Waals surface area contributed by atoms with Crippen molar-refractivity contribution in [1.82, 2.24) is 14.8 Å². The minimum Gasteiger partial charge on any atom is -0.435 e. The predicted octanol–water partition coefficient (Wildman–Crippen LogP) is 4.87. The van der Waals surface area contributed by atoms with Crippen LogP contribution in [-0.2, 0) is 17.8 Å². The molecule has 0 aliphatic carbocycles. The van der Waals surface area contributed by atoms with Gasteiger partial charge in [0.25, 0.3) is 5.91 Å². The molecule has 5 rings (SSSR count). The van der Waals surface area contributed by atoms with E-state index in [1.807, 2.05) is 54.7 Å². The third kappa shape index (κ3) is 5.22. The summed E-state index contributed by atoms with van der Waals surface area (Å²) in [5.74, 6) is -0.349. The number of piperazine rings is 1. The van der Waals surface area contributed by atoms with Crippen molar-refractivity contribution in [1.29, 1.82) is 0 Å². The molecule has 184 valence electrons. The third-order valence-corrected chi connectivity index (χ3v) is 6.40. The highest BCUT2D eigenvalue weighted by Gasteiger charge is 2.35.